The Morgan fingerprint density at radius 3 is 2.80 bits per heavy atom. The lowest BCUT2D eigenvalue weighted by atomic mass is 10.0. The lowest BCUT2D eigenvalue weighted by Gasteiger charge is -2.21. The van der Waals surface area contributed by atoms with Gasteiger partial charge in [-0.05, 0) is 30.0 Å². The fraction of sp³-hybridized carbons (Fsp3) is 0.250. The molecule has 0 N–H and O–H groups in total. The molecule has 3 nitrogen and oxygen atoms in total. The van der Waals surface area contributed by atoms with E-state index in [0.29, 0.717) is 17.1 Å². The summed E-state index contributed by atoms with van der Waals surface area (Å²) in [7, 11) is 0. The predicted molar refractivity (Wildman–Crippen MR) is 78.8 cm³/mol. The molecular weight excluding hydrogens is 272 g/mol. The molecule has 1 aliphatic rings. The number of amides is 1. The van der Waals surface area contributed by atoms with E-state index in [4.69, 9.17) is 11.6 Å². The Labute approximate surface area is 123 Å². The van der Waals surface area contributed by atoms with Crippen molar-refractivity contribution < 1.29 is 4.79 Å². The second kappa shape index (κ2) is 5.63. The van der Waals surface area contributed by atoms with E-state index in [1.54, 1.807) is 18.5 Å². The van der Waals surface area contributed by atoms with Crippen molar-refractivity contribution in [2.24, 2.45) is 0 Å². The molecule has 2 heterocycles. The zero-order valence-electron chi connectivity index (χ0n) is 11.1. The lowest BCUT2D eigenvalue weighted by molar-refractivity contribution is 0.0745. The van der Waals surface area contributed by atoms with E-state index in [9.17, 15) is 4.79 Å². The molecule has 1 aliphatic heterocycles. The third-order valence-electron chi connectivity index (χ3n) is 3.64. The van der Waals surface area contributed by atoms with Crippen molar-refractivity contribution in [3.63, 3.8) is 0 Å². The van der Waals surface area contributed by atoms with Gasteiger partial charge in [0.25, 0.3) is 5.91 Å². The smallest absolute Gasteiger partial charge is 0.257 e. The zero-order valence-corrected chi connectivity index (χ0v) is 11.8. The maximum Gasteiger partial charge on any atom is 0.257 e. The van der Waals surface area contributed by atoms with Gasteiger partial charge in [0.2, 0.25) is 0 Å². The number of carbonyl (C=O) groups excluding carboxylic acids is 1. The first-order chi connectivity index (χ1) is 9.75. The van der Waals surface area contributed by atoms with Crippen LogP contribution in [0.1, 0.15) is 27.9 Å². The van der Waals surface area contributed by atoms with Crippen LogP contribution in [0, 0.1) is 0 Å². The van der Waals surface area contributed by atoms with E-state index >= 15 is 0 Å². The summed E-state index contributed by atoms with van der Waals surface area (Å²) in [6.45, 7) is 1.39. The number of hydrogen-bond acceptors (Lipinski definition) is 2. The van der Waals surface area contributed by atoms with Crippen molar-refractivity contribution in [3.8, 4) is 0 Å². The molecule has 0 aliphatic carbocycles. The maximum atomic E-state index is 12.6. The fourth-order valence-corrected chi connectivity index (χ4v) is 2.77. The number of halogens is 1. The van der Waals surface area contributed by atoms with Gasteiger partial charge < -0.3 is 4.90 Å². The minimum atomic E-state index is -0.0418. The number of aryl methyl sites for hydroxylation is 1. The molecule has 1 amide bonds. The molecule has 0 saturated heterocycles. The summed E-state index contributed by atoms with van der Waals surface area (Å²) < 4.78 is 0. The molecule has 3 rings (SSSR count). The summed E-state index contributed by atoms with van der Waals surface area (Å²) in [5.41, 5.74) is 3.03. The predicted octanol–water partition coefficient (Wildman–Crippen LogP) is 3.32. The van der Waals surface area contributed by atoms with Crippen LogP contribution in [0.25, 0.3) is 0 Å². The summed E-state index contributed by atoms with van der Waals surface area (Å²) in [4.78, 5) is 18.4. The standard InChI is InChI=1S/C16H15ClN2O/c17-15-7-8-18-10-14(15)16(20)19-9-3-6-12-4-1-2-5-13(12)11-19/h1-2,4-5,7-8,10H,3,6,9,11H2. The zero-order chi connectivity index (χ0) is 13.9. The molecular formula is C16H15ClN2O. The van der Waals surface area contributed by atoms with Crippen molar-refractivity contribution in [3.05, 3.63) is 64.4 Å². The average Bonchev–Trinajstić information content (AvgIpc) is 2.69. The Kier molecular flexibility index (Phi) is 3.70. The monoisotopic (exact) mass is 286 g/mol. The van der Waals surface area contributed by atoms with E-state index in [2.05, 4.69) is 17.1 Å². The molecule has 1 aromatic heterocycles. The highest BCUT2D eigenvalue weighted by molar-refractivity contribution is 6.33. The van der Waals surface area contributed by atoms with Crippen LogP contribution >= 0.6 is 11.6 Å². The number of aromatic nitrogens is 1. The van der Waals surface area contributed by atoms with Gasteiger partial charge in [-0.15, -0.1) is 0 Å². The van der Waals surface area contributed by atoms with Crippen LogP contribution in [0.15, 0.2) is 42.7 Å². The molecule has 0 fully saturated rings. The van der Waals surface area contributed by atoms with Crippen molar-refractivity contribution in [2.75, 3.05) is 6.54 Å². The first-order valence-corrected chi connectivity index (χ1v) is 7.09. The van der Waals surface area contributed by atoms with Crippen LogP contribution in [-0.2, 0) is 13.0 Å². The van der Waals surface area contributed by atoms with Crippen LogP contribution in [0.5, 0.6) is 0 Å². The summed E-state index contributed by atoms with van der Waals surface area (Å²) >= 11 is 6.09. The molecule has 1 aromatic carbocycles. The van der Waals surface area contributed by atoms with E-state index in [0.717, 1.165) is 19.4 Å². The molecule has 0 spiro atoms. The van der Waals surface area contributed by atoms with Crippen LogP contribution in [0.4, 0.5) is 0 Å². The second-order valence-corrected chi connectivity index (χ2v) is 5.36. The van der Waals surface area contributed by atoms with Gasteiger partial charge in [-0.3, -0.25) is 9.78 Å². The summed E-state index contributed by atoms with van der Waals surface area (Å²) in [5.74, 6) is -0.0418. The Hall–Kier alpha value is -1.87. The van der Waals surface area contributed by atoms with Gasteiger partial charge in [0, 0.05) is 25.5 Å². The lowest BCUT2D eigenvalue weighted by Crippen LogP contribution is -2.31. The van der Waals surface area contributed by atoms with E-state index in [1.807, 2.05) is 17.0 Å². The van der Waals surface area contributed by atoms with Crippen molar-refractivity contribution in [1.82, 2.24) is 9.88 Å². The molecule has 4 heteroatoms. The van der Waals surface area contributed by atoms with E-state index in [1.165, 1.54) is 11.1 Å². The number of carbonyl (C=O) groups is 1. The normalized spacial score (nSPS) is 14.6. The Balaban J connectivity index is 1.88. The van der Waals surface area contributed by atoms with Gasteiger partial charge in [0.15, 0.2) is 0 Å². The van der Waals surface area contributed by atoms with E-state index in [-0.39, 0.29) is 5.91 Å². The van der Waals surface area contributed by atoms with Crippen molar-refractivity contribution in [2.45, 2.75) is 19.4 Å². The average molecular weight is 287 g/mol. The maximum absolute atomic E-state index is 12.6. The quantitative estimate of drug-likeness (QED) is 0.806. The molecule has 0 radical (unpaired) electrons. The Morgan fingerprint density at radius 2 is 2.00 bits per heavy atom. The first kappa shape index (κ1) is 13.1. The Bertz CT molecular complexity index is 642. The molecule has 102 valence electrons. The summed E-state index contributed by atoms with van der Waals surface area (Å²) in [6, 6.07) is 9.95. The van der Waals surface area contributed by atoms with Gasteiger partial charge in [-0.2, -0.15) is 0 Å². The molecule has 0 unspecified atom stereocenters. The molecule has 0 bridgehead atoms. The minimum Gasteiger partial charge on any atom is -0.334 e. The topological polar surface area (TPSA) is 33.2 Å². The second-order valence-electron chi connectivity index (χ2n) is 4.95. The SMILES string of the molecule is O=C(c1cnccc1Cl)N1CCCc2ccccc2C1. The Morgan fingerprint density at radius 1 is 1.20 bits per heavy atom. The third-order valence-corrected chi connectivity index (χ3v) is 3.97. The van der Waals surface area contributed by atoms with Gasteiger partial charge in [0.1, 0.15) is 0 Å². The fourth-order valence-electron chi connectivity index (χ4n) is 2.58. The number of benzene rings is 1. The van der Waals surface area contributed by atoms with Crippen LogP contribution in [-0.4, -0.2) is 22.3 Å². The van der Waals surface area contributed by atoms with Gasteiger partial charge in [-0.1, -0.05) is 35.9 Å². The molecule has 20 heavy (non-hydrogen) atoms. The van der Waals surface area contributed by atoms with Crippen LogP contribution in [0.2, 0.25) is 5.02 Å². The van der Waals surface area contributed by atoms with Crippen LogP contribution < -0.4 is 0 Å². The highest BCUT2D eigenvalue weighted by atomic mass is 35.5. The number of rotatable bonds is 1. The highest BCUT2D eigenvalue weighted by Crippen LogP contribution is 2.22. The van der Waals surface area contributed by atoms with Gasteiger partial charge >= 0.3 is 0 Å². The van der Waals surface area contributed by atoms with Crippen molar-refractivity contribution in [1.29, 1.82) is 0 Å². The number of fused-ring (bicyclic) bond motifs is 1. The molecule has 0 saturated carbocycles. The summed E-state index contributed by atoms with van der Waals surface area (Å²) in [6.07, 6.45) is 5.12. The van der Waals surface area contributed by atoms with Gasteiger partial charge in [-0.25, -0.2) is 0 Å². The number of pyridine rings is 1. The third kappa shape index (κ3) is 2.54. The highest BCUT2D eigenvalue weighted by Gasteiger charge is 2.21. The van der Waals surface area contributed by atoms with Gasteiger partial charge in [0.05, 0.1) is 10.6 Å². The largest absolute Gasteiger partial charge is 0.334 e. The molecule has 2 aromatic rings. The van der Waals surface area contributed by atoms with E-state index < -0.39 is 0 Å². The summed E-state index contributed by atoms with van der Waals surface area (Å²) in [5, 5.41) is 0.461. The van der Waals surface area contributed by atoms with Crippen LogP contribution in [0.3, 0.4) is 0 Å². The number of hydrogen-bond donors (Lipinski definition) is 0. The first-order valence-electron chi connectivity index (χ1n) is 6.71. The van der Waals surface area contributed by atoms with Crippen molar-refractivity contribution >= 4 is 17.5 Å². The minimum absolute atomic E-state index is 0.0418. The number of nitrogens with zero attached hydrogens (tertiary/aromatic N) is 2. The molecule has 0 atom stereocenters.